The number of aromatic carboxylic acids is 1. The first kappa shape index (κ1) is 17.1. The van der Waals surface area contributed by atoms with Crippen LogP contribution in [0.5, 0.6) is 11.5 Å². The highest BCUT2D eigenvalue weighted by atomic mass is 35.6. The van der Waals surface area contributed by atoms with E-state index in [0.717, 1.165) is 6.07 Å². The number of rotatable bonds is 3. The molecule has 1 rings (SSSR count). The fraction of sp³-hybridized carbons (Fsp3) is 0.222. The number of alkyl halides is 6. The molecular weight excluding hydrogens is 385 g/mol. The Balaban J connectivity index is 3.19. The minimum Gasteiger partial charge on any atom is -0.478 e. The molecule has 0 bridgehead atoms. The predicted octanol–water partition coefficient (Wildman–Crippen LogP) is 4.80. The molecule has 106 valence electrons. The molecular formula is C9H4Cl6O4. The van der Waals surface area contributed by atoms with E-state index in [0.29, 0.717) is 0 Å². The molecule has 1 aromatic rings. The van der Waals surface area contributed by atoms with Crippen LogP contribution in [0.1, 0.15) is 10.4 Å². The van der Waals surface area contributed by atoms with E-state index < -0.39 is 13.9 Å². The van der Waals surface area contributed by atoms with Gasteiger partial charge in [0.15, 0.2) is 11.5 Å². The van der Waals surface area contributed by atoms with Crippen molar-refractivity contribution < 1.29 is 19.4 Å². The summed E-state index contributed by atoms with van der Waals surface area (Å²) >= 11 is 32.7. The second kappa shape index (κ2) is 6.20. The van der Waals surface area contributed by atoms with E-state index in [1.807, 2.05) is 0 Å². The van der Waals surface area contributed by atoms with Gasteiger partial charge in [-0.2, -0.15) is 0 Å². The van der Waals surface area contributed by atoms with Crippen LogP contribution in [0.2, 0.25) is 0 Å². The minimum atomic E-state index is -2.14. The Morgan fingerprint density at radius 3 is 1.84 bits per heavy atom. The van der Waals surface area contributed by atoms with E-state index in [1.54, 1.807) is 0 Å². The third kappa shape index (κ3) is 6.34. The van der Waals surface area contributed by atoms with E-state index in [-0.39, 0.29) is 17.1 Å². The summed E-state index contributed by atoms with van der Waals surface area (Å²) in [4.78, 5) is 10.8. The normalized spacial score (nSPS) is 12.1. The molecule has 0 heterocycles. The van der Waals surface area contributed by atoms with Crippen LogP contribution in [0.15, 0.2) is 18.2 Å². The van der Waals surface area contributed by atoms with E-state index in [9.17, 15) is 4.79 Å². The Morgan fingerprint density at radius 1 is 0.947 bits per heavy atom. The summed E-state index contributed by atoms with van der Waals surface area (Å²) in [6, 6.07) is 3.48. The Hall–Kier alpha value is 0.0300. The van der Waals surface area contributed by atoms with Gasteiger partial charge in [0.25, 0.3) is 0 Å². The van der Waals surface area contributed by atoms with E-state index in [1.165, 1.54) is 12.1 Å². The molecule has 0 spiro atoms. The zero-order valence-electron chi connectivity index (χ0n) is 8.67. The number of carboxylic acid groups (broad SMARTS) is 1. The lowest BCUT2D eigenvalue weighted by molar-refractivity contribution is 0.0696. The number of hydrogen-bond donors (Lipinski definition) is 1. The van der Waals surface area contributed by atoms with Crippen molar-refractivity contribution in [1.29, 1.82) is 0 Å². The van der Waals surface area contributed by atoms with Crippen LogP contribution in [-0.4, -0.2) is 19.0 Å². The van der Waals surface area contributed by atoms with Crippen LogP contribution < -0.4 is 9.47 Å². The highest BCUT2D eigenvalue weighted by Crippen LogP contribution is 2.40. The zero-order valence-corrected chi connectivity index (χ0v) is 13.2. The highest BCUT2D eigenvalue weighted by molar-refractivity contribution is 6.67. The Labute approximate surface area is 138 Å². The maximum Gasteiger partial charge on any atom is 0.338 e. The van der Waals surface area contributed by atoms with Gasteiger partial charge in [-0.05, 0) is 87.8 Å². The number of benzene rings is 1. The second-order valence-corrected chi connectivity index (χ2v) is 7.42. The lowest BCUT2D eigenvalue weighted by Gasteiger charge is -2.20. The van der Waals surface area contributed by atoms with Crippen LogP contribution >= 0.6 is 69.6 Å². The van der Waals surface area contributed by atoms with Crippen molar-refractivity contribution in [3.8, 4) is 11.5 Å². The molecule has 0 fully saturated rings. The average molecular weight is 389 g/mol. The van der Waals surface area contributed by atoms with Gasteiger partial charge in [-0.3, -0.25) is 0 Å². The Morgan fingerprint density at radius 2 is 1.42 bits per heavy atom. The van der Waals surface area contributed by atoms with Gasteiger partial charge in [-0.25, -0.2) is 4.79 Å². The van der Waals surface area contributed by atoms with Gasteiger partial charge in [0.1, 0.15) is 0 Å². The summed E-state index contributed by atoms with van der Waals surface area (Å²) in [6.07, 6.45) is 0. The fourth-order valence-corrected chi connectivity index (χ4v) is 1.55. The summed E-state index contributed by atoms with van der Waals surface area (Å²) in [5.41, 5.74) is -0.124. The molecule has 0 aliphatic heterocycles. The first-order valence-electron chi connectivity index (χ1n) is 4.37. The number of ether oxygens (including phenoxy) is 2. The molecule has 19 heavy (non-hydrogen) atoms. The van der Waals surface area contributed by atoms with Crippen molar-refractivity contribution in [2.45, 2.75) is 7.96 Å². The van der Waals surface area contributed by atoms with E-state index >= 15 is 0 Å². The largest absolute Gasteiger partial charge is 0.478 e. The van der Waals surface area contributed by atoms with Gasteiger partial charge in [-0.15, -0.1) is 0 Å². The lowest BCUT2D eigenvalue weighted by atomic mass is 10.2. The molecule has 0 aliphatic carbocycles. The molecule has 0 aromatic heterocycles. The van der Waals surface area contributed by atoms with Crippen molar-refractivity contribution in [2.75, 3.05) is 0 Å². The molecule has 10 heteroatoms. The van der Waals surface area contributed by atoms with Crippen molar-refractivity contribution in [2.24, 2.45) is 0 Å². The molecule has 0 radical (unpaired) electrons. The van der Waals surface area contributed by atoms with Crippen molar-refractivity contribution in [1.82, 2.24) is 0 Å². The molecule has 0 amide bonds. The summed E-state index contributed by atoms with van der Waals surface area (Å²) < 4.78 is 5.59. The lowest BCUT2D eigenvalue weighted by Crippen LogP contribution is -2.17. The molecule has 0 saturated heterocycles. The number of carbonyl (C=O) groups is 1. The highest BCUT2D eigenvalue weighted by Gasteiger charge is 2.28. The third-order valence-electron chi connectivity index (χ3n) is 1.64. The molecule has 0 unspecified atom stereocenters. The first-order chi connectivity index (χ1) is 8.48. The van der Waals surface area contributed by atoms with E-state index in [2.05, 4.69) is 0 Å². The van der Waals surface area contributed by atoms with Crippen molar-refractivity contribution in [3.05, 3.63) is 23.8 Å². The summed E-state index contributed by atoms with van der Waals surface area (Å²) in [7, 11) is 0. The average Bonchev–Trinajstić information content (AvgIpc) is 2.15. The quantitative estimate of drug-likeness (QED) is 0.756. The SMILES string of the molecule is O=C(O)c1ccc(OC(Cl)(Cl)Cl)c(OC(Cl)(Cl)Cl)c1. The van der Waals surface area contributed by atoms with Crippen molar-refractivity contribution >= 4 is 75.6 Å². The number of halogens is 6. The standard InChI is InChI=1S/C9H4Cl6O4/c10-8(11,12)18-5-2-1-4(7(16)17)3-6(5)19-9(13,14)15/h1-3H,(H,16,17). The molecule has 1 N–H and O–H groups in total. The first-order valence-corrected chi connectivity index (χ1v) is 6.63. The van der Waals surface area contributed by atoms with Gasteiger partial charge < -0.3 is 14.6 Å². The van der Waals surface area contributed by atoms with Crippen LogP contribution in [0, 0.1) is 0 Å². The Bertz CT molecular complexity index is 479. The summed E-state index contributed by atoms with van der Waals surface area (Å²) in [5, 5.41) is 8.86. The third-order valence-corrected chi connectivity index (χ3v) is 2.10. The smallest absolute Gasteiger partial charge is 0.338 e. The second-order valence-electron chi connectivity index (χ2n) is 3.06. The van der Waals surface area contributed by atoms with Crippen LogP contribution in [-0.2, 0) is 0 Å². The zero-order chi connectivity index (χ0) is 14.8. The number of hydrogen-bond acceptors (Lipinski definition) is 3. The minimum absolute atomic E-state index is 0.101. The molecule has 4 nitrogen and oxygen atoms in total. The maximum atomic E-state index is 10.8. The predicted molar refractivity (Wildman–Crippen MR) is 75.2 cm³/mol. The van der Waals surface area contributed by atoms with Crippen molar-refractivity contribution in [3.63, 3.8) is 0 Å². The fourth-order valence-electron chi connectivity index (χ4n) is 1.05. The van der Waals surface area contributed by atoms with Crippen LogP contribution in [0.25, 0.3) is 0 Å². The molecule has 0 saturated carbocycles. The van der Waals surface area contributed by atoms with Crippen LogP contribution in [0.3, 0.4) is 0 Å². The van der Waals surface area contributed by atoms with E-state index in [4.69, 9.17) is 84.2 Å². The van der Waals surface area contributed by atoms with Gasteiger partial charge in [0, 0.05) is 0 Å². The molecule has 0 aliphatic rings. The van der Waals surface area contributed by atoms with Gasteiger partial charge in [-0.1, -0.05) is 0 Å². The molecule has 0 atom stereocenters. The van der Waals surface area contributed by atoms with Crippen LogP contribution in [0.4, 0.5) is 0 Å². The van der Waals surface area contributed by atoms with Gasteiger partial charge in [0.05, 0.1) is 5.56 Å². The maximum absolute atomic E-state index is 10.8. The molecule has 1 aromatic carbocycles. The Kier molecular flexibility index (Phi) is 5.58. The summed E-state index contributed by atoms with van der Waals surface area (Å²) in [6.45, 7) is 0. The topological polar surface area (TPSA) is 55.8 Å². The number of carboxylic acids is 1. The monoisotopic (exact) mass is 386 g/mol. The van der Waals surface area contributed by atoms with Gasteiger partial charge in [0.2, 0.25) is 0 Å². The van der Waals surface area contributed by atoms with Gasteiger partial charge >= 0.3 is 13.9 Å². The summed E-state index contributed by atoms with van der Waals surface area (Å²) in [5.74, 6) is -1.52.